The van der Waals surface area contributed by atoms with E-state index in [1.165, 1.54) is 18.9 Å². The molecule has 1 fully saturated rings. The molecule has 1 aliphatic heterocycles. The fraction of sp³-hybridized carbons (Fsp3) is 0.412. The summed E-state index contributed by atoms with van der Waals surface area (Å²) in [6.07, 6.45) is 0.0709. The standard InChI is InChI=1S/C17H21N3O4S/c1-4-18-17-20(5-2)15(22)13(25-17)10-14(21)19-12-8-6-11(7-9-12)16(23)24-3/h6-9,13H,4-5,10H2,1-3H3,(H,19,21). The number of anilines is 1. The highest BCUT2D eigenvalue weighted by Gasteiger charge is 2.38. The lowest BCUT2D eigenvalue weighted by atomic mass is 10.2. The second-order valence-corrected chi connectivity index (χ2v) is 6.44. The van der Waals surface area contributed by atoms with Crippen LogP contribution >= 0.6 is 11.8 Å². The van der Waals surface area contributed by atoms with Crippen LogP contribution in [0.3, 0.4) is 0 Å². The maximum atomic E-state index is 12.4. The zero-order valence-corrected chi connectivity index (χ0v) is 15.3. The van der Waals surface area contributed by atoms with Gasteiger partial charge in [0.1, 0.15) is 5.25 Å². The van der Waals surface area contributed by atoms with Gasteiger partial charge in [0, 0.05) is 25.2 Å². The van der Waals surface area contributed by atoms with Crippen LogP contribution in [0.25, 0.3) is 0 Å². The van der Waals surface area contributed by atoms with Crippen molar-refractivity contribution in [3.8, 4) is 0 Å². The number of ether oxygens (including phenoxy) is 1. The Bertz CT molecular complexity index is 688. The summed E-state index contributed by atoms with van der Waals surface area (Å²) in [5.41, 5.74) is 0.962. The van der Waals surface area contributed by atoms with Crippen LogP contribution in [0.15, 0.2) is 29.3 Å². The van der Waals surface area contributed by atoms with Gasteiger partial charge in [-0.3, -0.25) is 19.5 Å². The van der Waals surface area contributed by atoms with Gasteiger partial charge in [0.2, 0.25) is 11.8 Å². The SMILES string of the molecule is CCN=C1SC(CC(=O)Nc2ccc(C(=O)OC)cc2)C(=O)N1CC. The van der Waals surface area contributed by atoms with E-state index >= 15 is 0 Å². The Balaban J connectivity index is 1.97. The lowest BCUT2D eigenvalue weighted by Gasteiger charge is -2.13. The fourth-order valence-corrected chi connectivity index (χ4v) is 3.64. The molecule has 134 valence electrons. The highest BCUT2D eigenvalue weighted by Crippen LogP contribution is 2.29. The van der Waals surface area contributed by atoms with E-state index in [1.54, 1.807) is 29.2 Å². The van der Waals surface area contributed by atoms with E-state index in [2.05, 4.69) is 15.0 Å². The number of rotatable bonds is 6. The van der Waals surface area contributed by atoms with Gasteiger partial charge in [0.25, 0.3) is 0 Å². The second kappa shape index (κ2) is 8.66. The van der Waals surface area contributed by atoms with Crippen molar-refractivity contribution in [2.45, 2.75) is 25.5 Å². The van der Waals surface area contributed by atoms with Crippen molar-refractivity contribution in [2.24, 2.45) is 4.99 Å². The molecular formula is C17H21N3O4S. The van der Waals surface area contributed by atoms with E-state index in [-0.39, 0.29) is 18.2 Å². The van der Waals surface area contributed by atoms with Crippen LogP contribution in [0.2, 0.25) is 0 Å². The molecule has 1 atom stereocenters. The first-order valence-corrected chi connectivity index (χ1v) is 8.88. The largest absolute Gasteiger partial charge is 0.465 e. The molecular weight excluding hydrogens is 342 g/mol. The number of carbonyl (C=O) groups is 3. The molecule has 1 unspecified atom stereocenters. The number of hydrogen-bond donors (Lipinski definition) is 1. The predicted octanol–water partition coefficient (Wildman–Crippen LogP) is 2.14. The van der Waals surface area contributed by atoms with E-state index in [4.69, 9.17) is 0 Å². The number of esters is 1. The third-order valence-corrected chi connectivity index (χ3v) is 4.80. The Morgan fingerprint density at radius 2 is 1.96 bits per heavy atom. The summed E-state index contributed by atoms with van der Waals surface area (Å²) in [5, 5.41) is 2.96. The summed E-state index contributed by atoms with van der Waals surface area (Å²) in [6, 6.07) is 6.38. The molecule has 2 rings (SSSR count). The van der Waals surface area contributed by atoms with Crippen LogP contribution < -0.4 is 5.32 Å². The average molecular weight is 363 g/mol. The van der Waals surface area contributed by atoms with Gasteiger partial charge in [0.05, 0.1) is 12.7 Å². The van der Waals surface area contributed by atoms with Crippen molar-refractivity contribution in [3.05, 3.63) is 29.8 Å². The molecule has 0 aliphatic carbocycles. The fourth-order valence-electron chi connectivity index (χ4n) is 2.38. The van der Waals surface area contributed by atoms with Crippen LogP contribution in [0, 0.1) is 0 Å². The number of methoxy groups -OCH3 is 1. The number of nitrogens with one attached hydrogen (secondary N) is 1. The van der Waals surface area contributed by atoms with E-state index in [0.717, 1.165) is 0 Å². The highest BCUT2D eigenvalue weighted by molar-refractivity contribution is 8.15. The molecule has 1 aromatic rings. The molecule has 7 nitrogen and oxygen atoms in total. The molecule has 0 aromatic heterocycles. The normalized spacial score (nSPS) is 18.5. The molecule has 2 amide bonds. The minimum absolute atomic E-state index is 0.0709. The van der Waals surface area contributed by atoms with E-state index in [1.807, 2.05) is 13.8 Å². The Morgan fingerprint density at radius 1 is 1.28 bits per heavy atom. The molecule has 8 heteroatoms. The summed E-state index contributed by atoms with van der Waals surface area (Å²) in [7, 11) is 1.31. The number of nitrogens with zero attached hydrogens (tertiary/aromatic N) is 2. The molecule has 1 aromatic carbocycles. The van der Waals surface area contributed by atoms with Gasteiger partial charge in [-0.05, 0) is 38.1 Å². The first-order valence-electron chi connectivity index (χ1n) is 8.00. The van der Waals surface area contributed by atoms with Gasteiger partial charge < -0.3 is 10.1 Å². The van der Waals surface area contributed by atoms with Crippen molar-refractivity contribution in [3.63, 3.8) is 0 Å². The molecule has 25 heavy (non-hydrogen) atoms. The van der Waals surface area contributed by atoms with E-state index in [9.17, 15) is 14.4 Å². The molecule has 1 heterocycles. The van der Waals surface area contributed by atoms with Crippen molar-refractivity contribution in [1.29, 1.82) is 0 Å². The lowest BCUT2D eigenvalue weighted by molar-refractivity contribution is -0.128. The monoisotopic (exact) mass is 363 g/mol. The van der Waals surface area contributed by atoms with Gasteiger partial charge in [0.15, 0.2) is 5.17 Å². The Hall–Kier alpha value is -2.35. The van der Waals surface area contributed by atoms with E-state index in [0.29, 0.717) is 29.5 Å². The summed E-state index contributed by atoms with van der Waals surface area (Å²) in [5.74, 6) is -0.783. The number of hydrogen-bond acceptors (Lipinski definition) is 6. The topological polar surface area (TPSA) is 88.1 Å². The smallest absolute Gasteiger partial charge is 0.337 e. The summed E-state index contributed by atoms with van der Waals surface area (Å²) in [4.78, 5) is 41.9. The van der Waals surface area contributed by atoms with Crippen molar-refractivity contribution < 1.29 is 19.1 Å². The van der Waals surface area contributed by atoms with Gasteiger partial charge in [-0.2, -0.15) is 0 Å². The third kappa shape index (κ3) is 4.60. The number of thioether (sulfide) groups is 1. The van der Waals surface area contributed by atoms with Crippen molar-refractivity contribution in [2.75, 3.05) is 25.5 Å². The Kier molecular flexibility index (Phi) is 6.58. The summed E-state index contributed by atoms with van der Waals surface area (Å²) in [6.45, 7) is 4.92. The van der Waals surface area contributed by atoms with Gasteiger partial charge in [-0.25, -0.2) is 4.79 Å². The summed E-state index contributed by atoms with van der Waals surface area (Å²) >= 11 is 1.33. The Morgan fingerprint density at radius 3 is 2.52 bits per heavy atom. The van der Waals surface area contributed by atoms with Crippen LogP contribution in [0.4, 0.5) is 5.69 Å². The number of carbonyl (C=O) groups excluding carboxylic acids is 3. The maximum Gasteiger partial charge on any atom is 0.337 e. The predicted molar refractivity (Wildman–Crippen MR) is 97.8 cm³/mol. The first-order chi connectivity index (χ1) is 12.0. The zero-order chi connectivity index (χ0) is 18.4. The van der Waals surface area contributed by atoms with E-state index < -0.39 is 11.2 Å². The average Bonchev–Trinajstić information content (AvgIpc) is 2.89. The number of amides is 2. The van der Waals surface area contributed by atoms with Gasteiger partial charge >= 0.3 is 5.97 Å². The lowest BCUT2D eigenvalue weighted by Crippen LogP contribution is -2.33. The number of aliphatic imine (C=N–C) groups is 1. The minimum Gasteiger partial charge on any atom is -0.465 e. The first kappa shape index (κ1) is 19.0. The zero-order valence-electron chi connectivity index (χ0n) is 14.4. The molecule has 0 saturated carbocycles. The molecule has 0 radical (unpaired) electrons. The highest BCUT2D eigenvalue weighted by atomic mass is 32.2. The second-order valence-electron chi connectivity index (χ2n) is 5.27. The van der Waals surface area contributed by atoms with Crippen molar-refractivity contribution in [1.82, 2.24) is 4.90 Å². The number of benzene rings is 1. The molecule has 1 saturated heterocycles. The molecule has 0 bridgehead atoms. The van der Waals surface area contributed by atoms with Gasteiger partial charge in [-0.1, -0.05) is 11.8 Å². The summed E-state index contributed by atoms with van der Waals surface area (Å²) < 4.78 is 4.63. The van der Waals surface area contributed by atoms with Gasteiger partial charge in [-0.15, -0.1) is 0 Å². The van der Waals surface area contributed by atoms with Crippen LogP contribution in [-0.4, -0.2) is 53.3 Å². The molecule has 0 spiro atoms. The third-order valence-electron chi connectivity index (χ3n) is 3.59. The Labute approximate surface area is 150 Å². The molecule has 1 aliphatic rings. The van der Waals surface area contributed by atoms with Crippen LogP contribution in [-0.2, 0) is 14.3 Å². The number of amidine groups is 1. The quantitative estimate of drug-likeness (QED) is 0.783. The van der Waals surface area contributed by atoms with Crippen LogP contribution in [0.5, 0.6) is 0 Å². The van der Waals surface area contributed by atoms with Crippen molar-refractivity contribution >= 4 is 40.4 Å². The minimum atomic E-state index is -0.459. The van der Waals surface area contributed by atoms with Crippen LogP contribution in [0.1, 0.15) is 30.6 Å². The maximum absolute atomic E-state index is 12.4. The molecule has 1 N–H and O–H groups in total.